The molecule has 15 heavy (non-hydrogen) atoms. The quantitative estimate of drug-likeness (QED) is 0.837. The van der Waals surface area contributed by atoms with E-state index in [0.29, 0.717) is 0 Å². The summed E-state index contributed by atoms with van der Waals surface area (Å²) in [5.41, 5.74) is 0.849. The second kappa shape index (κ2) is 4.53. The van der Waals surface area contributed by atoms with Gasteiger partial charge < -0.3 is 5.32 Å². The van der Waals surface area contributed by atoms with Crippen LogP contribution in [0.5, 0.6) is 0 Å². The van der Waals surface area contributed by atoms with Gasteiger partial charge in [-0.2, -0.15) is 0 Å². The fourth-order valence-electron chi connectivity index (χ4n) is 1.20. The summed E-state index contributed by atoms with van der Waals surface area (Å²) in [5.74, 6) is -0.0430. The van der Waals surface area contributed by atoms with Crippen molar-refractivity contribution in [1.82, 2.24) is 0 Å². The standard InChI is InChI=1S/C12H17NOS/c1-5-15(3,4)12-8-6-7-11(9-12)13-10(2)14/h5-9H,1H2,2-4H3,(H,13,14). The smallest absolute Gasteiger partial charge is 0.221 e. The first-order chi connectivity index (χ1) is 6.95. The van der Waals surface area contributed by atoms with E-state index in [2.05, 4.69) is 30.5 Å². The van der Waals surface area contributed by atoms with Crippen LogP contribution in [0.15, 0.2) is 41.1 Å². The summed E-state index contributed by atoms with van der Waals surface area (Å²) in [6.07, 6.45) is 4.35. The van der Waals surface area contributed by atoms with Gasteiger partial charge in [-0.3, -0.25) is 4.79 Å². The number of carbonyl (C=O) groups excluding carboxylic acids is 1. The van der Waals surface area contributed by atoms with Crippen molar-refractivity contribution in [1.29, 1.82) is 0 Å². The number of amides is 1. The van der Waals surface area contributed by atoms with Crippen LogP contribution >= 0.6 is 10.0 Å². The van der Waals surface area contributed by atoms with Crippen LogP contribution in [-0.2, 0) is 4.79 Å². The van der Waals surface area contributed by atoms with Gasteiger partial charge in [-0.1, -0.05) is 18.1 Å². The Labute approximate surface area is 92.7 Å². The molecule has 0 unspecified atom stereocenters. The van der Waals surface area contributed by atoms with Crippen molar-refractivity contribution in [3.63, 3.8) is 0 Å². The zero-order valence-electron chi connectivity index (χ0n) is 9.41. The van der Waals surface area contributed by atoms with Crippen molar-refractivity contribution >= 4 is 21.6 Å². The highest BCUT2D eigenvalue weighted by Crippen LogP contribution is 2.50. The third-order valence-corrected chi connectivity index (χ3v) is 4.48. The maximum Gasteiger partial charge on any atom is 0.221 e. The average Bonchev–Trinajstić information content (AvgIpc) is 2.17. The van der Waals surface area contributed by atoms with Crippen LogP contribution in [0.3, 0.4) is 0 Å². The normalized spacial score (nSPS) is 11.9. The predicted octanol–water partition coefficient (Wildman–Crippen LogP) is 3.21. The Kier molecular flexibility index (Phi) is 3.58. The van der Waals surface area contributed by atoms with Gasteiger partial charge in [0, 0.05) is 12.6 Å². The van der Waals surface area contributed by atoms with E-state index in [-0.39, 0.29) is 5.91 Å². The van der Waals surface area contributed by atoms with Gasteiger partial charge in [-0.05, 0) is 35.6 Å². The van der Waals surface area contributed by atoms with Crippen LogP contribution in [0.25, 0.3) is 0 Å². The highest BCUT2D eigenvalue weighted by Gasteiger charge is 2.10. The molecule has 1 aromatic rings. The predicted molar refractivity (Wildman–Crippen MR) is 68.6 cm³/mol. The molecular formula is C12H17NOS. The molecule has 0 fully saturated rings. The fraction of sp³-hybridized carbons (Fsp3) is 0.250. The van der Waals surface area contributed by atoms with Gasteiger partial charge >= 0.3 is 0 Å². The Morgan fingerprint density at radius 1 is 1.47 bits per heavy atom. The minimum Gasteiger partial charge on any atom is -0.326 e. The number of nitrogens with one attached hydrogen (secondary N) is 1. The summed E-state index contributed by atoms with van der Waals surface area (Å²) < 4.78 is 0. The largest absolute Gasteiger partial charge is 0.326 e. The Morgan fingerprint density at radius 3 is 2.67 bits per heavy atom. The van der Waals surface area contributed by atoms with Gasteiger partial charge in [0.05, 0.1) is 0 Å². The number of carbonyl (C=O) groups is 1. The summed E-state index contributed by atoms with van der Waals surface area (Å²) in [4.78, 5) is 12.1. The van der Waals surface area contributed by atoms with E-state index < -0.39 is 10.0 Å². The van der Waals surface area contributed by atoms with Crippen LogP contribution in [0.2, 0.25) is 0 Å². The molecule has 0 atom stereocenters. The maximum absolute atomic E-state index is 10.9. The average molecular weight is 223 g/mol. The third-order valence-electron chi connectivity index (χ3n) is 2.18. The summed E-state index contributed by atoms with van der Waals surface area (Å²) in [6.45, 7) is 5.36. The number of benzene rings is 1. The molecule has 0 spiro atoms. The molecule has 1 aromatic carbocycles. The Hall–Kier alpha value is -1.22. The highest BCUT2D eigenvalue weighted by atomic mass is 32.3. The van der Waals surface area contributed by atoms with Crippen LogP contribution < -0.4 is 5.32 Å². The molecule has 0 aromatic heterocycles. The van der Waals surface area contributed by atoms with Gasteiger partial charge in [-0.25, -0.2) is 10.0 Å². The van der Waals surface area contributed by atoms with E-state index >= 15 is 0 Å². The SMILES string of the molecule is C=CS(C)(C)c1cccc(NC(C)=O)c1. The molecular weight excluding hydrogens is 206 g/mol. The number of rotatable bonds is 3. The molecule has 1 N–H and O–H groups in total. The molecule has 0 saturated heterocycles. The molecule has 0 radical (unpaired) electrons. The molecule has 0 saturated carbocycles. The second-order valence-corrected chi connectivity index (χ2v) is 7.40. The van der Waals surface area contributed by atoms with Crippen LogP contribution in [0, 0.1) is 0 Å². The van der Waals surface area contributed by atoms with Crippen molar-refractivity contribution in [2.45, 2.75) is 11.8 Å². The third kappa shape index (κ3) is 3.13. The molecule has 82 valence electrons. The maximum atomic E-state index is 10.9. The van der Waals surface area contributed by atoms with Crippen LogP contribution in [0.4, 0.5) is 5.69 Å². The van der Waals surface area contributed by atoms with Crippen molar-refractivity contribution < 1.29 is 4.79 Å². The summed E-state index contributed by atoms with van der Waals surface area (Å²) in [7, 11) is -0.944. The number of hydrogen-bond acceptors (Lipinski definition) is 1. The lowest BCUT2D eigenvalue weighted by Crippen LogP contribution is -2.06. The monoisotopic (exact) mass is 223 g/mol. The summed E-state index contributed by atoms with van der Waals surface area (Å²) in [5, 5.41) is 4.77. The molecule has 1 amide bonds. The van der Waals surface area contributed by atoms with Crippen molar-refractivity contribution in [2.75, 3.05) is 17.8 Å². The van der Waals surface area contributed by atoms with Crippen molar-refractivity contribution in [2.24, 2.45) is 0 Å². The first-order valence-electron chi connectivity index (χ1n) is 4.69. The van der Waals surface area contributed by atoms with E-state index in [1.807, 2.05) is 23.6 Å². The van der Waals surface area contributed by atoms with E-state index in [4.69, 9.17) is 0 Å². The highest BCUT2D eigenvalue weighted by molar-refractivity contribution is 8.35. The van der Waals surface area contributed by atoms with Crippen molar-refractivity contribution in [3.8, 4) is 0 Å². The van der Waals surface area contributed by atoms with E-state index in [9.17, 15) is 4.79 Å². The summed E-state index contributed by atoms with van der Waals surface area (Å²) >= 11 is 0. The zero-order chi connectivity index (χ0) is 11.5. The van der Waals surface area contributed by atoms with Crippen LogP contribution in [-0.4, -0.2) is 18.4 Å². The van der Waals surface area contributed by atoms with Gasteiger partial charge in [0.25, 0.3) is 0 Å². The molecule has 0 aliphatic rings. The molecule has 0 aliphatic carbocycles. The Bertz CT molecular complexity index is 385. The van der Waals surface area contributed by atoms with Gasteiger partial charge in [0.1, 0.15) is 0 Å². The number of anilines is 1. The Morgan fingerprint density at radius 2 is 2.13 bits per heavy atom. The first kappa shape index (κ1) is 11.9. The minimum atomic E-state index is -0.944. The first-order valence-corrected chi connectivity index (χ1v) is 7.20. The lowest BCUT2D eigenvalue weighted by molar-refractivity contribution is -0.114. The Balaban J connectivity index is 3.02. The van der Waals surface area contributed by atoms with E-state index in [1.165, 1.54) is 11.8 Å². The zero-order valence-corrected chi connectivity index (χ0v) is 10.2. The molecule has 0 aliphatic heterocycles. The molecule has 0 heterocycles. The minimum absolute atomic E-state index is 0.0430. The topological polar surface area (TPSA) is 29.1 Å². The molecule has 1 rings (SSSR count). The lowest BCUT2D eigenvalue weighted by atomic mass is 10.3. The second-order valence-electron chi connectivity index (χ2n) is 3.78. The fourth-order valence-corrected chi connectivity index (χ4v) is 2.25. The van der Waals surface area contributed by atoms with Crippen molar-refractivity contribution in [3.05, 3.63) is 36.3 Å². The lowest BCUT2D eigenvalue weighted by Gasteiger charge is -2.27. The van der Waals surface area contributed by atoms with Gasteiger partial charge in [-0.15, -0.1) is 0 Å². The van der Waals surface area contributed by atoms with Gasteiger partial charge in [0.15, 0.2) is 0 Å². The van der Waals surface area contributed by atoms with E-state index in [1.54, 1.807) is 0 Å². The van der Waals surface area contributed by atoms with Crippen LogP contribution in [0.1, 0.15) is 6.92 Å². The molecule has 0 bridgehead atoms. The van der Waals surface area contributed by atoms with E-state index in [0.717, 1.165) is 5.69 Å². The summed E-state index contributed by atoms with van der Waals surface area (Å²) in [6, 6.07) is 7.93. The molecule has 2 nitrogen and oxygen atoms in total. The molecule has 3 heteroatoms. The van der Waals surface area contributed by atoms with Gasteiger partial charge in [0.2, 0.25) is 5.91 Å². The number of hydrogen-bond donors (Lipinski definition) is 1.